The summed E-state index contributed by atoms with van der Waals surface area (Å²) in [4.78, 5) is 10.7. The molecule has 0 aromatic heterocycles. The maximum Gasteiger partial charge on any atom is 0.136 e. The van der Waals surface area contributed by atoms with Crippen molar-refractivity contribution in [3.8, 4) is 0 Å². The van der Waals surface area contributed by atoms with E-state index in [0.717, 1.165) is 11.8 Å². The Kier molecular flexibility index (Phi) is 5.19. The lowest BCUT2D eigenvalue weighted by molar-refractivity contribution is -0.108. The van der Waals surface area contributed by atoms with Gasteiger partial charge in [-0.15, -0.1) is 4.72 Å². The minimum Gasteiger partial charge on any atom is -0.598 e. The predicted octanol–water partition coefficient (Wildman–Crippen LogP) is 1.95. The van der Waals surface area contributed by atoms with Crippen molar-refractivity contribution in [2.75, 3.05) is 5.73 Å². The Bertz CT molecular complexity index is 387. The van der Waals surface area contributed by atoms with Crippen LogP contribution in [-0.4, -0.2) is 15.6 Å². The van der Waals surface area contributed by atoms with E-state index in [9.17, 15) is 9.35 Å². The second-order valence-electron chi connectivity index (χ2n) is 5.12. The van der Waals surface area contributed by atoms with Gasteiger partial charge in [0.25, 0.3) is 0 Å². The second-order valence-corrected chi connectivity index (χ2v) is 7.12. The third kappa shape index (κ3) is 4.33. The van der Waals surface area contributed by atoms with Crippen LogP contribution in [0.1, 0.15) is 38.8 Å². The number of rotatable bonds is 5. The van der Waals surface area contributed by atoms with Gasteiger partial charge in [0.05, 0.1) is 6.04 Å². The zero-order chi connectivity index (χ0) is 13.8. The Morgan fingerprint density at radius 1 is 1.39 bits per heavy atom. The number of aldehydes is 1. The summed E-state index contributed by atoms with van der Waals surface area (Å²) >= 11 is -1.21. The molecule has 0 radical (unpaired) electrons. The van der Waals surface area contributed by atoms with Crippen LogP contribution < -0.4 is 10.5 Å². The van der Waals surface area contributed by atoms with Gasteiger partial charge in [-0.05, 0) is 38.5 Å². The van der Waals surface area contributed by atoms with Gasteiger partial charge in [0, 0.05) is 23.5 Å². The molecule has 0 amide bonds. The number of carbonyl (C=O) groups excluding carboxylic acids is 1. The monoisotopic (exact) mass is 268 g/mol. The van der Waals surface area contributed by atoms with Crippen molar-refractivity contribution in [1.82, 2.24) is 4.72 Å². The topological polar surface area (TPSA) is 78.2 Å². The normalized spacial score (nSPS) is 15.1. The van der Waals surface area contributed by atoms with Crippen LogP contribution in [-0.2, 0) is 16.2 Å². The summed E-state index contributed by atoms with van der Waals surface area (Å²) in [7, 11) is 0. The molecule has 3 N–H and O–H groups in total. The van der Waals surface area contributed by atoms with Crippen molar-refractivity contribution in [2.24, 2.45) is 0 Å². The first-order chi connectivity index (χ1) is 8.34. The number of anilines is 1. The lowest BCUT2D eigenvalue weighted by Crippen LogP contribution is -2.41. The summed E-state index contributed by atoms with van der Waals surface area (Å²) in [6, 6.07) is 6.99. The first kappa shape index (κ1) is 15.0. The Balaban J connectivity index is 2.83. The molecular formula is C13H20N2O2S. The average Bonchev–Trinajstić information content (AvgIpc) is 2.28. The van der Waals surface area contributed by atoms with Crippen LogP contribution >= 0.6 is 0 Å². The van der Waals surface area contributed by atoms with Crippen molar-refractivity contribution >= 4 is 23.3 Å². The Hall–Kier alpha value is -1.04. The van der Waals surface area contributed by atoms with E-state index in [2.05, 4.69) is 4.72 Å². The van der Waals surface area contributed by atoms with Crippen LogP contribution in [0.25, 0.3) is 0 Å². The molecule has 2 unspecified atom stereocenters. The van der Waals surface area contributed by atoms with Gasteiger partial charge in [-0.1, -0.05) is 12.1 Å². The van der Waals surface area contributed by atoms with E-state index in [0.29, 0.717) is 5.69 Å². The van der Waals surface area contributed by atoms with Crippen LogP contribution in [0.15, 0.2) is 24.3 Å². The summed E-state index contributed by atoms with van der Waals surface area (Å²) < 4.78 is 14.7. The zero-order valence-corrected chi connectivity index (χ0v) is 11.8. The first-order valence-corrected chi connectivity index (χ1v) is 6.96. The van der Waals surface area contributed by atoms with Crippen LogP contribution in [0.5, 0.6) is 0 Å². The molecule has 0 saturated heterocycles. The number of hydrogen-bond donors (Lipinski definition) is 2. The van der Waals surface area contributed by atoms with Crippen molar-refractivity contribution in [3.05, 3.63) is 29.8 Å². The molecule has 4 nitrogen and oxygen atoms in total. The number of hydrogen-bond acceptors (Lipinski definition) is 4. The Labute approximate surface area is 111 Å². The molecule has 1 aromatic carbocycles. The minimum atomic E-state index is -1.21. The van der Waals surface area contributed by atoms with Gasteiger partial charge in [-0.2, -0.15) is 0 Å². The molecule has 0 bridgehead atoms. The van der Waals surface area contributed by atoms with Gasteiger partial charge >= 0.3 is 0 Å². The van der Waals surface area contributed by atoms with E-state index in [-0.39, 0.29) is 17.2 Å². The van der Waals surface area contributed by atoms with Gasteiger partial charge in [0.1, 0.15) is 11.0 Å². The highest BCUT2D eigenvalue weighted by molar-refractivity contribution is 7.90. The smallest absolute Gasteiger partial charge is 0.136 e. The highest BCUT2D eigenvalue weighted by Crippen LogP contribution is 2.22. The first-order valence-electron chi connectivity index (χ1n) is 5.81. The standard InChI is InChI=1S/C13H20N2O2S/c1-13(2,3)18(17)15-12(8-9-16)10-4-6-11(14)7-5-10/h4-7,9,12,15H,8,14H2,1-3H3. The molecule has 5 heteroatoms. The van der Waals surface area contributed by atoms with Gasteiger partial charge in [0.2, 0.25) is 0 Å². The third-order valence-corrected chi connectivity index (χ3v) is 4.09. The number of nitrogens with one attached hydrogen (secondary N) is 1. The highest BCUT2D eigenvalue weighted by Gasteiger charge is 2.29. The second kappa shape index (κ2) is 6.22. The van der Waals surface area contributed by atoms with Crippen LogP contribution in [0.3, 0.4) is 0 Å². The fourth-order valence-electron chi connectivity index (χ4n) is 1.38. The predicted molar refractivity (Wildman–Crippen MR) is 75.3 cm³/mol. The lowest BCUT2D eigenvalue weighted by atomic mass is 10.1. The Morgan fingerprint density at radius 2 is 1.94 bits per heavy atom. The summed E-state index contributed by atoms with van der Waals surface area (Å²) in [5.74, 6) is 0. The number of benzene rings is 1. The van der Waals surface area contributed by atoms with E-state index in [1.54, 1.807) is 12.1 Å². The maximum atomic E-state index is 12.0. The molecule has 18 heavy (non-hydrogen) atoms. The van der Waals surface area contributed by atoms with E-state index in [4.69, 9.17) is 5.73 Å². The molecule has 0 spiro atoms. The van der Waals surface area contributed by atoms with Crippen LogP contribution in [0.4, 0.5) is 5.69 Å². The quantitative estimate of drug-likeness (QED) is 0.486. The number of carbonyl (C=O) groups is 1. The van der Waals surface area contributed by atoms with Gasteiger partial charge < -0.3 is 15.1 Å². The van der Waals surface area contributed by atoms with E-state index < -0.39 is 11.4 Å². The summed E-state index contributed by atoms with van der Waals surface area (Å²) in [5, 5.41) is 0. The van der Waals surface area contributed by atoms with Gasteiger partial charge in [-0.3, -0.25) is 0 Å². The number of nitrogens with two attached hydrogens (primary N) is 1. The van der Waals surface area contributed by atoms with Gasteiger partial charge in [0.15, 0.2) is 0 Å². The van der Waals surface area contributed by atoms with Crippen LogP contribution in [0, 0.1) is 0 Å². The highest BCUT2D eigenvalue weighted by atomic mass is 32.2. The summed E-state index contributed by atoms with van der Waals surface area (Å²) in [6.45, 7) is 5.66. The molecular weight excluding hydrogens is 248 g/mol. The molecule has 100 valence electrons. The van der Waals surface area contributed by atoms with E-state index >= 15 is 0 Å². The van der Waals surface area contributed by atoms with E-state index in [1.165, 1.54) is 0 Å². The molecule has 2 atom stereocenters. The van der Waals surface area contributed by atoms with Crippen molar-refractivity contribution in [1.29, 1.82) is 0 Å². The molecule has 0 aliphatic carbocycles. The SMILES string of the molecule is CC(C)(C)[S+]([O-])NC(CC=O)c1ccc(N)cc1. The summed E-state index contributed by atoms with van der Waals surface area (Å²) in [5.41, 5.74) is 7.20. The lowest BCUT2D eigenvalue weighted by Gasteiger charge is -2.27. The average molecular weight is 268 g/mol. The largest absolute Gasteiger partial charge is 0.598 e. The molecule has 1 rings (SSSR count). The molecule has 1 aromatic rings. The van der Waals surface area contributed by atoms with E-state index in [1.807, 2.05) is 32.9 Å². The molecule has 0 aliphatic rings. The molecule has 0 aliphatic heterocycles. The zero-order valence-electron chi connectivity index (χ0n) is 11.0. The van der Waals surface area contributed by atoms with Crippen molar-refractivity contribution < 1.29 is 9.35 Å². The third-order valence-electron chi connectivity index (χ3n) is 2.48. The van der Waals surface area contributed by atoms with Crippen LogP contribution in [0.2, 0.25) is 0 Å². The molecule has 0 saturated carbocycles. The molecule has 0 fully saturated rings. The maximum absolute atomic E-state index is 12.0. The van der Waals surface area contributed by atoms with Gasteiger partial charge in [-0.25, -0.2) is 0 Å². The Morgan fingerprint density at radius 3 is 2.39 bits per heavy atom. The number of nitrogen functional groups attached to an aromatic ring is 1. The fraction of sp³-hybridized carbons (Fsp3) is 0.462. The minimum absolute atomic E-state index is 0.247. The van der Waals surface area contributed by atoms with Crippen molar-refractivity contribution in [2.45, 2.75) is 38.0 Å². The molecule has 0 heterocycles. The fourth-order valence-corrected chi connectivity index (χ4v) is 2.23. The van der Waals surface area contributed by atoms with Crippen molar-refractivity contribution in [3.63, 3.8) is 0 Å². The summed E-state index contributed by atoms with van der Waals surface area (Å²) in [6.07, 6.45) is 1.11.